The quantitative estimate of drug-likeness (QED) is 0.530. The molecule has 8 heteroatoms. The Kier molecular flexibility index (Phi) is 4.94. The summed E-state index contributed by atoms with van der Waals surface area (Å²) in [5.74, 6) is 1.90. The molecule has 30 heavy (non-hydrogen) atoms. The van der Waals surface area contributed by atoms with Gasteiger partial charge in [-0.25, -0.2) is 9.97 Å². The number of aromatic amines is 1. The van der Waals surface area contributed by atoms with Crippen molar-refractivity contribution in [2.24, 2.45) is 0 Å². The minimum Gasteiger partial charge on any atom is -0.497 e. The number of H-pyrrole nitrogens is 1. The maximum atomic E-state index is 12.6. The van der Waals surface area contributed by atoms with Crippen molar-refractivity contribution in [1.82, 2.24) is 19.9 Å². The molecule has 7 nitrogen and oxygen atoms in total. The molecule has 0 saturated carbocycles. The van der Waals surface area contributed by atoms with Crippen LogP contribution < -0.4 is 10.3 Å². The van der Waals surface area contributed by atoms with Crippen molar-refractivity contribution in [2.45, 2.75) is 19.5 Å². The number of thiazole rings is 1. The van der Waals surface area contributed by atoms with E-state index in [0.717, 1.165) is 47.1 Å². The summed E-state index contributed by atoms with van der Waals surface area (Å²) < 4.78 is 10.6. The maximum absolute atomic E-state index is 12.6. The Morgan fingerprint density at radius 3 is 2.90 bits per heavy atom. The van der Waals surface area contributed by atoms with Crippen LogP contribution in [0.3, 0.4) is 0 Å². The van der Waals surface area contributed by atoms with Crippen molar-refractivity contribution in [3.8, 4) is 27.9 Å². The number of rotatable bonds is 5. The van der Waals surface area contributed by atoms with Gasteiger partial charge in [0.05, 0.1) is 24.6 Å². The van der Waals surface area contributed by atoms with E-state index in [9.17, 15) is 4.79 Å². The highest BCUT2D eigenvalue weighted by Crippen LogP contribution is 2.28. The average molecular weight is 420 g/mol. The molecule has 4 aromatic rings. The summed E-state index contributed by atoms with van der Waals surface area (Å²) in [6.45, 7) is 2.18. The Labute approximate surface area is 177 Å². The Morgan fingerprint density at radius 1 is 1.27 bits per heavy atom. The fraction of sp³-hybridized carbons (Fsp3) is 0.227. The van der Waals surface area contributed by atoms with Gasteiger partial charge in [-0.1, -0.05) is 0 Å². The van der Waals surface area contributed by atoms with Gasteiger partial charge in [0.15, 0.2) is 11.6 Å². The summed E-state index contributed by atoms with van der Waals surface area (Å²) in [4.78, 5) is 28.1. The number of hydrogen-bond acceptors (Lipinski definition) is 7. The number of nitrogens with zero attached hydrogens (tertiary/aromatic N) is 3. The van der Waals surface area contributed by atoms with Gasteiger partial charge in [0, 0.05) is 42.7 Å². The van der Waals surface area contributed by atoms with Crippen LogP contribution in [0.15, 0.2) is 58.1 Å². The summed E-state index contributed by atoms with van der Waals surface area (Å²) in [5.41, 5.74) is 2.56. The first-order chi connectivity index (χ1) is 14.7. The third-order valence-corrected chi connectivity index (χ3v) is 6.20. The lowest BCUT2D eigenvalue weighted by molar-refractivity contribution is 0.244. The summed E-state index contributed by atoms with van der Waals surface area (Å²) >= 11 is 1.67. The van der Waals surface area contributed by atoms with E-state index in [1.165, 1.54) is 4.88 Å². The smallest absolute Gasteiger partial charge is 0.256 e. The number of methoxy groups -OCH3 is 1. The lowest BCUT2D eigenvalue weighted by Gasteiger charge is -2.26. The van der Waals surface area contributed by atoms with Gasteiger partial charge in [0.1, 0.15) is 10.8 Å². The zero-order valence-electron chi connectivity index (χ0n) is 16.4. The zero-order valence-corrected chi connectivity index (χ0v) is 17.2. The predicted molar refractivity (Wildman–Crippen MR) is 114 cm³/mol. The topological polar surface area (TPSA) is 84.2 Å². The fourth-order valence-electron chi connectivity index (χ4n) is 3.61. The first kappa shape index (κ1) is 18.8. The van der Waals surface area contributed by atoms with E-state index in [1.54, 1.807) is 36.8 Å². The number of nitrogens with one attached hydrogen (secondary N) is 1. The lowest BCUT2D eigenvalue weighted by Crippen LogP contribution is -2.35. The van der Waals surface area contributed by atoms with Crippen molar-refractivity contribution >= 4 is 11.3 Å². The fourth-order valence-corrected chi connectivity index (χ4v) is 4.57. The molecule has 0 atom stereocenters. The highest BCUT2D eigenvalue weighted by atomic mass is 32.1. The van der Waals surface area contributed by atoms with Crippen LogP contribution >= 0.6 is 11.3 Å². The summed E-state index contributed by atoms with van der Waals surface area (Å²) in [6, 6.07) is 11.5. The molecule has 1 N–H and O–H groups in total. The monoisotopic (exact) mass is 420 g/mol. The molecule has 0 amide bonds. The van der Waals surface area contributed by atoms with Gasteiger partial charge in [-0.2, -0.15) is 0 Å². The summed E-state index contributed by atoms with van der Waals surface area (Å²) in [5, 5.41) is 0.979. The molecule has 0 fully saturated rings. The summed E-state index contributed by atoms with van der Waals surface area (Å²) in [7, 11) is 1.66. The minimum absolute atomic E-state index is 0.0978. The molecule has 0 radical (unpaired) electrons. The van der Waals surface area contributed by atoms with Crippen LogP contribution in [0.2, 0.25) is 0 Å². The van der Waals surface area contributed by atoms with Crippen molar-refractivity contribution in [2.75, 3.05) is 13.7 Å². The van der Waals surface area contributed by atoms with Crippen LogP contribution in [0.1, 0.15) is 16.1 Å². The van der Waals surface area contributed by atoms with Gasteiger partial charge < -0.3 is 14.1 Å². The second-order valence-electron chi connectivity index (χ2n) is 7.14. The van der Waals surface area contributed by atoms with Crippen LogP contribution in [-0.4, -0.2) is 33.5 Å². The minimum atomic E-state index is -0.0978. The van der Waals surface area contributed by atoms with Gasteiger partial charge >= 0.3 is 0 Å². The second kappa shape index (κ2) is 7.89. The van der Waals surface area contributed by atoms with Crippen LogP contribution in [0.25, 0.3) is 22.2 Å². The van der Waals surface area contributed by atoms with Gasteiger partial charge in [-0.3, -0.25) is 9.69 Å². The number of fused-ring (bicyclic) bond motifs is 1. The van der Waals surface area contributed by atoms with Crippen LogP contribution in [0, 0.1) is 0 Å². The molecule has 1 aromatic carbocycles. The Morgan fingerprint density at radius 2 is 2.13 bits per heavy atom. The number of aromatic nitrogens is 3. The zero-order chi connectivity index (χ0) is 20.5. The highest BCUT2D eigenvalue weighted by molar-refractivity contribution is 7.15. The number of furan rings is 1. The van der Waals surface area contributed by atoms with Crippen molar-refractivity contribution in [3.63, 3.8) is 0 Å². The molecular formula is C22H20N4O3S. The van der Waals surface area contributed by atoms with Gasteiger partial charge in [0.2, 0.25) is 0 Å². The van der Waals surface area contributed by atoms with E-state index >= 15 is 0 Å². The van der Waals surface area contributed by atoms with E-state index in [2.05, 4.69) is 19.9 Å². The standard InChI is InChI=1S/C22H20N4O3S/c1-28-15-6-4-14(5-7-15)22-23-11-16(30-22)12-26-9-8-18-17(13-26)21(27)25-20(24-18)19-3-2-10-29-19/h2-7,10-11H,8-9,12-13H2,1H3,(H,24,25,27). The first-order valence-corrected chi connectivity index (χ1v) is 10.5. The van der Waals surface area contributed by atoms with Crippen LogP contribution in [0.4, 0.5) is 0 Å². The first-order valence-electron chi connectivity index (χ1n) is 9.67. The molecular weight excluding hydrogens is 400 g/mol. The van der Waals surface area contributed by atoms with Crippen molar-refractivity contribution in [3.05, 3.63) is 75.3 Å². The number of hydrogen-bond donors (Lipinski definition) is 1. The number of benzene rings is 1. The van der Waals surface area contributed by atoms with Crippen molar-refractivity contribution < 1.29 is 9.15 Å². The number of ether oxygens (including phenoxy) is 1. The molecule has 4 heterocycles. The molecule has 152 valence electrons. The van der Waals surface area contributed by atoms with E-state index in [4.69, 9.17) is 9.15 Å². The molecule has 0 saturated heterocycles. The second-order valence-corrected chi connectivity index (χ2v) is 8.25. The van der Waals surface area contributed by atoms with E-state index in [1.807, 2.05) is 30.5 Å². The third kappa shape index (κ3) is 3.67. The molecule has 0 bridgehead atoms. The molecule has 3 aromatic heterocycles. The predicted octanol–water partition coefficient (Wildman–Crippen LogP) is 3.72. The Hall–Kier alpha value is -3.23. The normalized spacial score (nSPS) is 13.9. The lowest BCUT2D eigenvalue weighted by atomic mass is 10.1. The molecule has 1 aliphatic heterocycles. The Bertz CT molecular complexity index is 1210. The van der Waals surface area contributed by atoms with Gasteiger partial charge in [-0.05, 0) is 36.4 Å². The van der Waals surface area contributed by atoms with E-state index in [-0.39, 0.29) is 5.56 Å². The molecule has 0 spiro atoms. The SMILES string of the molecule is COc1ccc(-c2ncc(CN3CCc4nc(-c5ccco5)[nH]c(=O)c4C3)s2)cc1. The third-order valence-electron chi connectivity index (χ3n) is 5.17. The summed E-state index contributed by atoms with van der Waals surface area (Å²) in [6.07, 6.45) is 4.23. The van der Waals surface area contributed by atoms with Crippen LogP contribution in [0.5, 0.6) is 5.75 Å². The van der Waals surface area contributed by atoms with Gasteiger partial charge in [-0.15, -0.1) is 11.3 Å². The van der Waals surface area contributed by atoms with E-state index in [0.29, 0.717) is 18.1 Å². The maximum Gasteiger partial charge on any atom is 0.256 e. The molecule has 5 rings (SSSR count). The Balaban J connectivity index is 1.31. The molecule has 0 unspecified atom stereocenters. The van der Waals surface area contributed by atoms with Crippen molar-refractivity contribution in [1.29, 1.82) is 0 Å². The largest absolute Gasteiger partial charge is 0.497 e. The molecule has 1 aliphatic rings. The molecule has 0 aliphatic carbocycles. The highest BCUT2D eigenvalue weighted by Gasteiger charge is 2.22. The van der Waals surface area contributed by atoms with E-state index < -0.39 is 0 Å². The average Bonchev–Trinajstić information content (AvgIpc) is 3.47. The van der Waals surface area contributed by atoms with Gasteiger partial charge in [0.25, 0.3) is 5.56 Å². The van der Waals surface area contributed by atoms with Crippen LogP contribution in [-0.2, 0) is 19.5 Å².